The summed E-state index contributed by atoms with van der Waals surface area (Å²) in [6, 6.07) is -12.4. The molecule has 1 heterocycles. The molecule has 1 aliphatic heterocycles. The van der Waals surface area contributed by atoms with Crippen LogP contribution in [0.25, 0.3) is 0 Å². The number of hydrogen-bond acceptors (Lipinski definition) is 18. The Bertz CT molecular complexity index is 2200. The Morgan fingerprint density at radius 2 is 1.31 bits per heavy atom. The minimum absolute atomic E-state index is 0.00205. The van der Waals surface area contributed by atoms with Gasteiger partial charge in [-0.2, -0.15) is 8.42 Å². The summed E-state index contributed by atoms with van der Waals surface area (Å²) in [5.74, 6) is -13.6. The van der Waals surface area contributed by atoms with Crippen LogP contribution in [0.4, 0.5) is 0 Å². The van der Waals surface area contributed by atoms with Gasteiger partial charge in [0, 0.05) is 13.5 Å². The number of ketones is 1. The highest BCUT2D eigenvalue weighted by Gasteiger charge is 2.38. The van der Waals surface area contributed by atoms with Gasteiger partial charge in [0.2, 0.25) is 47.3 Å². The van der Waals surface area contributed by atoms with E-state index in [1.54, 1.807) is 13.8 Å². The Labute approximate surface area is 456 Å². The third kappa shape index (κ3) is 26.5. The number of aliphatic hydroxyl groups excluding tert-OH is 2. The van der Waals surface area contributed by atoms with Crippen molar-refractivity contribution in [2.75, 3.05) is 45.6 Å². The first-order valence-electron chi connectivity index (χ1n) is 26.3. The second-order valence-electron chi connectivity index (χ2n) is 19.9. The molecule has 0 spiro atoms. The molecule has 1 aliphatic rings. The zero-order chi connectivity index (χ0) is 59.3. The first-order chi connectivity index (χ1) is 36.6. The molecule has 0 radical (unpaired) electrons. The lowest BCUT2D eigenvalue weighted by molar-refractivity contribution is -0.156. The Morgan fingerprint density at radius 3 is 1.85 bits per heavy atom. The predicted molar refractivity (Wildman–Crippen MR) is 282 cm³/mol. The van der Waals surface area contributed by atoms with Gasteiger partial charge in [-0.3, -0.25) is 57.3 Å². The highest BCUT2D eigenvalue weighted by molar-refractivity contribution is 7.85. The van der Waals surface area contributed by atoms with Gasteiger partial charge in [-0.1, -0.05) is 72.3 Å². The van der Waals surface area contributed by atoms with Gasteiger partial charge in [-0.15, -0.1) is 0 Å². The fourth-order valence-electron chi connectivity index (χ4n) is 7.86. The molecular weight excluding hydrogens is 1050 g/mol. The van der Waals surface area contributed by atoms with Gasteiger partial charge in [0.05, 0.1) is 19.6 Å². The van der Waals surface area contributed by atoms with Crippen LogP contribution in [0.1, 0.15) is 125 Å². The first-order valence-corrected chi connectivity index (χ1v) is 27.9. The molecule has 1 fully saturated rings. The second-order valence-corrected chi connectivity index (χ2v) is 21.4. The SMILES string of the molecule is C/C=C1\NC(=O)C(CCN)NC(=O)C(CO)NC(=O)C(NC(=O)C(CS(=O)(=O)O)NC(=O)CC(=O)CCCCCCCCC(C)C)C(C)OC(=O)CN(C)C(=O)C(CCCCN)NC(=O)C(CO)NC(=O)C(C(C)C)NC1=O. The number of aliphatic hydroxyl groups is 2. The van der Waals surface area contributed by atoms with Gasteiger partial charge in [-0.25, -0.2) is 0 Å². The van der Waals surface area contributed by atoms with Crippen molar-refractivity contribution in [1.82, 2.24) is 47.4 Å². The molecule has 1 saturated heterocycles. The van der Waals surface area contributed by atoms with E-state index in [1.165, 1.54) is 6.92 Å². The quantitative estimate of drug-likeness (QED) is 0.0139. The second kappa shape index (κ2) is 36.1. The average Bonchev–Trinajstić information content (AvgIpc) is 3.35. The van der Waals surface area contributed by atoms with Crippen molar-refractivity contribution in [3.63, 3.8) is 0 Å². The maximum absolute atomic E-state index is 14.2. The first kappa shape index (κ1) is 69.9. The minimum Gasteiger partial charge on any atom is -0.459 e. The van der Waals surface area contributed by atoms with Crippen molar-refractivity contribution < 1.29 is 80.7 Å². The molecule has 0 aromatic carbocycles. The minimum atomic E-state index is -5.10. The number of amides is 9. The molecule has 8 unspecified atom stereocenters. The zero-order valence-electron chi connectivity index (χ0n) is 45.9. The Hall–Kier alpha value is -6.14. The van der Waals surface area contributed by atoms with E-state index in [9.17, 15) is 75.9 Å². The zero-order valence-corrected chi connectivity index (χ0v) is 46.7. The lowest BCUT2D eigenvalue weighted by Crippen LogP contribution is -2.62. The number of carbonyl (C=O) groups is 11. The monoisotopic (exact) mass is 1130 g/mol. The van der Waals surface area contributed by atoms with Crippen LogP contribution in [-0.2, 0) is 67.6 Å². The van der Waals surface area contributed by atoms with Crippen LogP contribution >= 0.6 is 0 Å². The lowest BCUT2D eigenvalue weighted by Gasteiger charge is -2.29. The summed E-state index contributed by atoms with van der Waals surface area (Å²) in [4.78, 5) is 150. The molecule has 9 amide bonds. The lowest BCUT2D eigenvalue weighted by atomic mass is 10.0. The third-order valence-corrected chi connectivity index (χ3v) is 13.0. The van der Waals surface area contributed by atoms with Crippen molar-refractivity contribution in [2.45, 2.75) is 173 Å². The molecule has 15 N–H and O–H groups in total. The van der Waals surface area contributed by atoms with Crippen LogP contribution < -0.4 is 54.0 Å². The number of cyclic esters (lactones) is 1. The smallest absolute Gasteiger partial charge is 0.325 e. The van der Waals surface area contributed by atoms with E-state index >= 15 is 0 Å². The topological polar surface area (TPSA) is 443 Å². The van der Waals surface area contributed by atoms with E-state index in [0.29, 0.717) is 25.2 Å². The molecule has 0 aliphatic carbocycles. The molecule has 28 nitrogen and oxygen atoms in total. The summed E-state index contributed by atoms with van der Waals surface area (Å²) in [5, 5.41) is 38.8. The molecule has 0 bridgehead atoms. The van der Waals surface area contributed by atoms with Gasteiger partial charge >= 0.3 is 5.97 Å². The number of hydrogen-bond donors (Lipinski definition) is 13. The molecule has 8 atom stereocenters. The van der Waals surface area contributed by atoms with E-state index in [1.807, 2.05) is 0 Å². The maximum atomic E-state index is 14.2. The van der Waals surface area contributed by atoms with E-state index in [4.69, 9.17) is 16.2 Å². The summed E-state index contributed by atoms with van der Waals surface area (Å²) < 4.78 is 39.6. The van der Waals surface area contributed by atoms with Crippen molar-refractivity contribution >= 4 is 75.0 Å². The number of Topliss-reactive ketones (excluding diaryl/α,β-unsaturated/α-hetero) is 1. The summed E-state index contributed by atoms with van der Waals surface area (Å²) in [7, 11) is -3.96. The molecule has 0 aromatic heterocycles. The van der Waals surface area contributed by atoms with Crippen LogP contribution in [-0.4, -0.2) is 187 Å². The van der Waals surface area contributed by atoms with Gasteiger partial charge < -0.3 is 73.9 Å². The molecule has 1 rings (SSSR count). The van der Waals surface area contributed by atoms with Crippen LogP contribution in [0.5, 0.6) is 0 Å². The fourth-order valence-corrected chi connectivity index (χ4v) is 8.52. The summed E-state index contributed by atoms with van der Waals surface area (Å²) in [5.41, 5.74) is 11.0. The van der Waals surface area contributed by atoms with Crippen molar-refractivity contribution in [3.8, 4) is 0 Å². The van der Waals surface area contributed by atoms with Gasteiger partial charge in [-0.05, 0) is 70.9 Å². The van der Waals surface area contributed by atoms with Crippen molar-refractivity contribution in [1.29, 1.82) is 0 Å². The van der Waals surface area contributed by atoms with E-state index in [2.05, 4.69) is 56.4 Å². The van der Waals surface area contributed by atoms with Crippen LogP contribution in [0, 0.1) is 11.8 Å². The van der Waals surface area contributed by atoms with Gasteiger partial charge in [0.25, 0.3) is 16.0 Å². The normalized spacial score (nSPS) is 23.2. The Balaban J connectivity index is 3.76. The highest BCUT2D eigenvalue weighted by Crippen LogP contribution is 2.14. The number of nitrogens with one attached hydrogen (secondary N) is 8. The summed E-state index contributed by atoms with van der Waals surface area (Å²) in [6.07, 6.45) is 5.04. The number of allylic oxidation sites excluding steroid dienone is 1. The molecule has 0 aromatic rings. The van der Waals surface area contributed by atoms with E-state index in [-0.39, 0.29) is 38.8 Å². The number of ether oxygens (including phenoxy) is 1. The molecule has 444 valence electrons. The van der Waals surface area contributed by atoms with E-state index < -0.39 is 167 Å². The number of esters is 1. The molecule has 0 saturated carbocycles. The molecule has 78 heavy (non-hydrogen) atoms. The fraction of sp³-hybridized carbons (Fsp3) is 0.735. The van der Waals surface area contributed by atoms with Crippen LogP contribution in [0.3, 0.4) is 0 Å². The average molecular weight is 1130 g/mol. The highest BCUT2D eigenvalue weighted by atomic mass is 32.2. The molecule has 29 heteroatoms. The van der Waals surface area contributed by atoms with Gasteiger partial charge in [0.1, 0.15) is 72.2 Å². The van der Waals surface area contributed by atoms with Crippen molar-refractivity contribution in [2.24, 2.45) is 23.3 Å². The standard InChI is InChI=1S/C49H85N11O17S/c1-8-32-42(66)58-40(29(4)5)47(71)56-36(26-62)45(69)55-34(19-15-16-21-50)49(73)60(7)24-39(65)77-30(6)41(48(72)57-35(25-61)44(68)54-33(20-22-51)43(67)53-32)59-46(70)37(27-78(74,75)76)52-38(64)23-31(63)18-14-12-10-9-11-13-17-28(2)3/h8,28-30,33-37,40-41,61-62H,9-27,50-51H2,1-7H3,(H,52,64)(H,53,67)(H,54,68)(H,55,69)(H,56,71)(H,57,72)(H,58,66)(H,59,70)(H,74,75,76)/b32-8-. The Morgan fingerprint density at radius 1 is 0.744 bits per heavy atom. The van der Waals surface area contributed by atoms with Crippen LogP contribution in [0.15, 0.2) is 11.8 Å². The number of carbonyl (C=O) groups excluding carboxylic acids is 11. The predicted octanol–water partition coefficient (Wildman–Crippen LogP) is -3.45. The van der Waals surface area contributed by atoms with E-state index in [0.717, 1.165) is 57.1 Å². The number of unbranched alkanes of at least 4 members (excludes halogenated alkanes) is 6. The Kier molecular flexibility index (Phi) is 32.3. The molecular formula is C49H85N11O17S. The van der Waals surface area contributed by atoms with Crippen molar-refractivity contribution in [3.05, 3.63) is 11.8 Å². The largest absolute Gasteiger partial charge is 0.459 e. The number of rotatable bonds is 25. The third-order valence-electron chi connectivity index (χ3n) is 12.3. The maximum Gasteiger partial charge on any atom is 0.325 e. The summed E-state index contributed by atoms with van der Waals surface area (Å²) >= 11 is 0. The number of nitrogens with two attached hydrogens (primary N) is 2. The number of likely N-dealkylation sites (N-methyl/N-ethyl adjacent to an activating group) is 1. The summed E-state index contributed by atoms with van der Waals surface area (Å²) in [6.45, 7) is 6.63. The van der Waals surface area contributed by atoms with Gasteiger partial charge in [0.15, 0.2) is 0 Å². The van der Waals surface area contributed by atoms with Crippen LogP contribution in [0.2, 0.25) is 0 Å². The number of nitrogens with zero attached hydrogens (tertiary/aromatic N) is 1.